The van der Waals surface area contributed by atoms with Crippen LogP contribution in [0.3, 0.4) is 0 Å². The van der Waals surface area contributed by atoms with Gasteiger partial charge in [0, 0.05) is 10.0 Å². The molecule has 1 atom stereocenters. The number of aliphatic hydroxyl groups excluding tert-OH is 1. The number of fused-ring (bicyclic) bond motifs is 1. The molecule has 0 aliphatic heterocycles. The summed E-state index contributed by atoms with van der Waals surface area (Å²) < 4.78 is 2.53. The Bertz CT molecular complexity index is 1040. The molecule has 0 saturated heterocycles. The van der Waals surface area contributed by atoms with Crippen LogP contribution in [0.4, 0.5) is 0 Å². The second-order valence-electron chi connectivity index (χ2n) is 5.92. The van der Waals surface area contributed by atoms with Gasteiger partial charge in [-0.15, -0.1) is 0 Å². The molecule has 3 aromatic rings. The molecule has 0 radical (unpaired) electrons. The van der Waals surface area contributed by atoms with Gasteiger partial charge in [-0.1, -0.05) is 35.3 Å². The van der Waals surface area contributed by atoms with Crippen molar-refractivity contribution in [3.63, 3.8) is 0 Å². The number of hydrogen-bond donors (Lipinski definition) is 1. The molecule has 3 rings (SSSR count). The van der Waals surface area contributed by atoms with Crippen LogP contribution < -0.4 is 11.2 Å². The standard InChI is InChI=1S/C18H16Cl2N2O3/c1-11(23)9-21-16-8-14(20)6-7-15(16)17(24)22(18(21)25)10-12-2-4-13(19)5-3-12/h2-8,11,23H,9-10H2,1H3/t11-/m1/s1. The summed E-state index contributed by atoms with van der Waals surface area (Å²) in [6.07, 6.45) is -0.749. The third kappa shape index (κ3) is 3.63. The van der Waals surface area contributed by atoms with Gasteiger partial charge in [-0.25, -0.2) is 4.79 Å². The third-order valence-electron chi connectivity index (χ3n) is 3.89. The average molecular weight is 379 g/mol. The van der Waals surface area contributed by atoms with Crippen molar-refractivity contribution in [1.29, 1.82) is 0 Å². The van der Waals surface area contributed by atoms with E-state index in [9.17, 15) is 14.7 Å². The summed E-state index contributed by atoms with van der Waals surface area (Å²) in [5, 5.41) is 11.1. The first-order valence-corrected chi connectivity index (χ1v) is 8.48. The van der Waals surface area contributed by atoms with Gasteiger partial charge >= 0.3 is 5.69 Å². The number of benzene rings is 2. The maximum absolute atomic E-state index is 12.9. The van der Waals surface area contributed by atoms with Crippen molar-refractivity contribution in [2.75, 3.05) is 0 Å². The fraction of sp³-hybridized carbons (Fsp3) is 0.222. The zero-order valence-electron chi connectivity index (χ0n) is 13.4. The van der Waals surface area contributed by atoms with Gasteiger partial charge in [0.15, 0.2) is 0 Å². The van der Waals surface area contributed by atoms with Crippen LogP contribution in [-0.4, -0.2) is 20.3 Å². The Morgan fingerprint density at radius 2 is 1.64 bits per heavy atom. The van der Waals surface area contributed by atoms with Crippen molar-refractivity contribution in [3.8, 4) is 0 Å². The molecule has 5 nitrogen and oxygen atoms in total. The Balaban J connectivity index is 2.24. The SMILES string of the molecule is C[C@@H](O)Cn1c(=O)n(Cc2ccc(Cl)cc2)c(=O)c2ccc(Cl)cc21. The normalized spacial score (nSPS) is 12.5. The lowest BCUT2D eigenvalue weighted by Gasteiger charge is -2.15. The topological polar surface area (TPSA) is 64.2 Å². The van der Waals surface area contributed by atoms with Crippen molar-refractivity contribution in [2.24, 2.45) is 0 Å². The molecule has 0 saturated carbocycles. The monoisotopic (exact) mass is 378 g/mol. The maximum Gasteiger partial charge on any atom is 0.331 e. The second kappa shape index (κ2) is 7.04. The molecule has 25 heavy (non-hydrogen) atoms. The van der Waals surface area contributed by atoms with Gasteiger partial charge < -0.3 is 5.11 Å². The molecule has 0 spiro atoms. The highest BCUT2D eigenvalue weighted by Crippen LogP contribution is 2.16. The van der Waals surface area contributed by atoms with E-state index in [1.165, 1.54) is 4.57 Å². The van der Waals surface area contributed by atoms with Gasteiger partial charge in [0.2, 0.25) is 0 Å². The van der Waals surface area contributed by atoms with Gasteiger partial charge in [-0.3, -0.25) is 13.9 Å². The van der Waals surface area contributed by atoms with Crippen molar-refractivity contribution in [3.05, 3.63) is 78.9 Å². The summed E-state index contributed by atoms with van der Waals surface area (Å²) in [6, 6.07) is 11.7. The molecule has 0 aliphatic rings. The zero-order chi connectivity index (χ0) is 18.1. The molecule has 0 bridgehead atoms. The van der Waals surface area contributed by atoms with E-state index in [1.54, 1.807) is 49.4 Å². The third-order valence-corrected chi connectivity index (χ3v) is 4.38. The second-order valence-corrected chi connectivity index (χ2v) is 6.79. The van der Waals surface area contributed by atoms with E-state index >= 15 is 0 Å². The predicted octanol–water partition coefficient (Wildman–Crippen LogP) is 2.90. The van der Waals surface area contributed by atoms with E-state index in [0.717, 1.165) is 10.1 Å². The molecular weight excluding hydrogens is 363 g/mol. The van der Waals surface area contributed by atoms with Crippen LogP contribution in [0, 0.1) is 0 Å². The van der Waals surface area contributed by atoms with E-state index in [-0.39, 0.29) is 13.1 Å². The van der Waals surface area contributed by atoms with E-state index in [1.807, 2.05) is 0 Å². The Hall–Kier alpha value is -2.08. The highest BCUT2D eigenvalue weighted by atomic mass is 35.5. The van der Waals surface area contributed by atoms with Crippen molar-refractivity contribution >= 4 is 34.1 Å². The summed E-state index contributed by atoms with van der Waals surface area (Å²) in [6.45, 7) is 1.77. The average Bonchev–Trinajstić information content (AvgIpc) is 2.57. The first-order valence-electron chi connectivity index (χ1n) is 7.72. The van der Waals surface area contributed by atoms with E-state index in [2.05, 4.69) is 0 Å². The smallest absolute Gasteiger partial charge is 0.331 e. The van der Waals surface area contributed by atoms with Crippen LogP contribution in [0.2, 0.25) is 10.0 Å². The molecule has 1 heterocycles. The summed E-state index contributed by atoms with van der Waals surface area (Å²) in [7, 11) is 0. The Kier molecular flexibility index (Phi) is 4.99. The Morgan fingerprint density at radius 1 is 1.00 bits per heavy atom. The predicted molar refractivity (Wildman–Crippen MR) is 99.7 cm³/mol. The maximum atomic E-state index is 12.9. The molecule has 0 unspecified atom stereocenters. The van der Waals surface area contributed by atoms with Crippen LogP contribution in [-0.2, 0) is 13.1 Å². The molecule has 130 valence electrons. The van der Waals surface area contributed by atoms with Gasteiger partial charge in [-0.05, 0) is 42.8 Å². The van der Waals surface area contributed by atoms with E-state index < -0.39 is 17.4 Å². The first-order chi connectivity index (χ1) is 11.9. The van der Waals surface area contributed by atoms with Crippen LogP contribution in [0.1, 0.15) is 12.5 Å². The minimum atomic E-state index is -0.749. The number of nitrogens with zero attached hydrogens (tertiary/aromatic N) is 2. The lowest BCUT2D eigenvalue weighted by molar-refractivity contribution is 0.172. The number of rotatable bonds is 4. The minimum absolute atomic E-state index is 0.0660. The largest absolute Gasteiger partial charge is 0.392 e. The van der Waals surface area contributed by atoms with Gasteiger partial charge in [0.25, 0.3) is 5.56 Å². The van der Waals surface area contributed by atoms with E-state index in [4.69, 9.17) is 23.2 Å². The van der Waals surface area contributed by atoms with Crippen molar-refractivity contribution in [1.82, 2.24) is 9.13 Å². The van der Waals surface area contributed by atoms with E-state index in [0.29, 0.717) is 20.9 Å². The van der Waals surface area contributed by atoms with Crippen molar-refractivity contribution in [2.45, 2.75) is 26.1 Å². The van der Waals surface area contributed by atoms with Crippen LogP contribution in [0.15, 0.2) is 52.1 Å². The lowest BCUT2D eigenvalue weighted by atomic mass is 10.2. The Labute approximate surface area is 153 Å². The fourth-order valence-corrected chi connectivity index (χ4v) is 3.03. The number of aromatic nitrogens is 2. The summed E-state index contributed by atoms with van der Waals surface area (Å²) in [5.41, 5.74) is 0.306. The minimum Gasteiger partial charge on any atom is -0.392 e. The Morgan fingerprint density at radius 3 is 2.28 bits per heavy atom. The molecule has 1 aromatic heterocycles. The molecule has 0 fully saturated rings. The van der Waals surface area contributed by atoms with Gasteiger partial charge in [-0.2, -0.15) is 0 Å². The first kappa shape index (κ1) is 17.7. The quantitative estimate of drug-likeness (QED) is 0.758. The lowest BCUT2D eigenvalue weighted by Crippen LogP contribution is -2.41. The summed E-state index contributed by atoms with van der Waals surface area (Å²) >= 11 is 11.9. The van der Waals surface area contributed by atoms with Crippen LogP contribution in [0.25, 0.3) is 10.9 Å². The highest BCUT2D eigenvalue weighted by Gasteiger charge is 2.15. The fourth-order valence-electron chi connectivity index (χ4n) is 2.74. The number of aliphatic hydroxyl groups is 1. The molecule has 2 aromatic carbocycles. The molecular formula is C18H16Cl2N2O3. The van der Waals surface area contributed by atoms with Crippen LogP contribution in [0.5, 0.6) is 0 Å². The van der Waals surface area contributed by atoms with Crippen molar-refractivity contribution < 1.29 is 5.11 Å². The number of hydrogen-bond acceptors (Lipinski definition) is 3. The zero-order valence-corrected chi connectivity index (χ0v) is 15.0. The summed E-state index contributed by atoms with van der Waals surface area (Å²) in [5.74, 6) is 0. The number of halogens is 2. The molecule has 7 heteroatoms. The summed E-state index contributed by atoms with van der Waals surface area (Å²) in [4.78, 5) is 25.7. The molecule has 0 aliphatic carbocycles. The highest BCUT2D eigenvalue weighted by molar-refractivity contribution is 6.31. The van der Waals surface area contributed by atoms with Gasteiger partial charge in [0.05, 0.1) is 30.1 Å². The molecule has 1 N–H and O–H groups in total. The molecule has 0 amide bonds. The van der Waals surface area contributed by atoms with Crippen LogP contribution >= 0.6 is 23.2 Å². The van der Waals surface area contributed by atoms with Gasteiger partial charge in [0.1, 0.15) is 0 Å².